The Balaban J connectivity index is 1.32. The molecular formula is C29H33F4N7O3S. The van der Waals surface area contributed by atoms with Crippen molar-refractivity contribution < 1.29 is 32.3 Å². The van der Waals surface area contributed by atoms with Gasteiger partial charge in [-0.05, 0) is 51.4 Å². The Bertz CT molecular complexity index is 1500. The summed E-state index contributed by atoms with van der Waals surface area (Å²) in [7, 11) is 0. The standard InChI is InChI=1S/C29H33F4N7O3S/c1-17-4-3-6-39(17)16-23-26(19-10-20(29(31,32)33)12-21(30)11-19)36-28(44-23)37-27(43)22-13-35-24(14-34-22)40-9-8-38(18(2)15-40)7-5-25(41)42/h10-14,17-18H,3-9,15-16H2,1-2H3,(H,41,42)(H,36,37,43)/t17-,18+/m1/s1. The summed E-state index contributed by atoms with van der Waals surface area (Å²) in [5.74, 6) is -1.88. The van der Waals surface area contributed by atoms with Crippen LogP contribution >= 0.6 is 11.3 Å². The molecular weight excluding hydrogens is 602 g/mol. The van der Waals surface area contributed by atoms with Crippen LogP contribution in [0.15, 0.2) is 30.6 Å². The summed E-state index contributed by atoms with van der Waals surface area (Å²) in [6.45, 7) is 7.68. The van der Waals surface area contributed by atoms with Crippen molar-refractivity contribution in [1.29, 1.82) is 0 Å². The average Bonchev–Trinajstić information content (AvgIpc) is 3.56. The summed E-state index contributed by atoms with van der Waals surface area (Å²) < 4.78 is 54.7. The maximum Gasteiger partial charge on any atom is 0.416 e. The highest BCUT2D eigenvalue weighted by Crippen LogP contribution is 2.38. The van der Waals surface area contributed by atoms with E-state index in [4.69, 9.17) is 5.11 Å². The van der Waals surface area contributed by atoms with Crippen LogP contribution in [-0.2, 0) is 17.5 Å². The Labute approximate surface area is 255 Å². The summed E-state index contributed by atoms with van der Waals surface area (Å²) in [4.78, 5) is 44.0. The number of alkyl halides is 3. The normalized spacial score (nSPS) is 19.8. The van der Waals surface area contributed by atoms with Gasteiger partial charge in [-0.15, -0.1) is 0 Å². The van der Waals surface area contributed by atoms with Gasteiger partial charge in [0.1, 0.15) is 17.3 Å². The number of piperazine rings is 1. The van der Waals surface area contributed by atoms with Gasteiger partial charge in [0, 0.05) is 55.2 Å². The van der Waals surface area contributed by atoms with Crippen LogP contribution < -0.4 is 10.2 Å². The second-order valence-corrected chi connectivity index (χ2v) is 12.3. The highest BCUT2D eigenvalue weighted by molar-refractivity contribution is 7.16. The van der Waals surface area contributed by atoms with E-state index in [-0.39, 0.29) is 40.6 Å². The molecule has 2 fully saturated rings. The molecule has 0 bridgehead atoms. The van der Waals surface area contributed by atoms with E-state index in [0.717, 1.165) is 42.9 Å². The van der Waals surface area contributed by atoms with Crippen molar-refractivity contribution in [3.63, 3.8) is 0 Å². The van der Waals surface area contributed by atoms with Gasteiger partial charge in [0.2, 0.25) is 0 Å². The quantitative estimate of drug-likeness (QED) is 0.314. The van der Waals surface area contributed by atoms with E-state index in [1.54, 1.807) is 0 Å². The topological polar surface area (TPSA) is 115 Å². The molecule has 44 heavy (non-hydrogen) atoms. The molecule has 0 aliphatic carbocycles. The van der Waals surface area contributed by atoms with Crippen LogP contribution in [-0.4, -0.2) is 86.5 Å². The van der Waals surface area contributed by atoms with Gasteiger partial charge in [-0.3, -0.25) is 24.7 Å². The maximum absolute atomic E-state index is 14.3. The van der Waals surface area contributed by atoms with Gasteiger partial charge < -0.3 is 10.0 Å². The van der Waals surface area contributed by atoms with Crippen molar-refractivity contribution in [2.45, 2.75) is 57.9 Å². The fourth-order valence-electron chi connectivity index (χ4n) is 5.58. The Morgan fingerprint density at radius 2 is 1.86 bits per heavy atom. The number of anilines is 2. The Kier molecular flexibility index (Phi) is 9.46. The number of benzene rings is 1. The fraction of sp³-hybridized carbons (Fsp3) is 0.483. The smallest absolute Gasteiger partial charge is 0.416 e. The zero-order valence-corrected chi connectivity index (χ0v) is 25.1. The van der Waals surface area contributed by atoms with E-state index < -0.39 is 29.4 Å². The van der Waals surface area contributed by atoms with Gasteiger partial charge in [0.25, 0.3) is 5.91 Å². The zero-order valence-electron chi connectivity index (χ0n) is 24.3. The fourth-order valence-corrected chi connectivity index (χ4v) is 6.58. The molecule has 0 spiro atoms. The van der Waals surface area contributed by atoms with Crippen molar-refractivity contribution in [2.75, 3.05) is 42.9 Å². The van der Waals surface area contributed by atoms with Gasteiger partial charge in [-0.1, -0.05) is 11.3 Å². The second-order valence-electron chi connectivity index (χ2n) is 11.2. The molecule has 1 aromatic carbocycles. The molecule has 1 amide bonds. The lowest BCUT2D eigenvalue weighted by atomic mass is 10.1. The Hall–Kier alpha value is -3.69. The molecule has 4 heterocycles. The first-order valence-corrected chi connectivity index (χ1v) is 15.1. The number of nitrogens with one attached hydrogen (secondary N) is 1. The lowest BCUT2D eigenvalue weighted by Gasteiger charge is -2.40. The lowest BCUT2D eigenvalue weighted by molar-refractivity contribution is -0.138. The number of carbonyl (C=O) groups excluding carboxylic acids is 1. The molecule has 236 valence electrons. The number of hydrogen-bond acceptors (Lipinski definition) is 9. The molecule has 0 radical (unpaired) electrons. The lowest BCUT2D eigenvalue weighted by Crippen LogP contribution is -2.52. The third-order valence-electron chi connectivity index (χ3n) is 8.03. The van der Waals surface area contributed by atoms with Crippen molar-refractivity contribution in [3.05, 3.63) is 52.5 Å². The number of carboxylic acid groups (broad SMARTS) is 1. The maximum atomic E-state index is 14.3. The van der Waals surface area contributed by atoms with Crippen LogP contribution in [0.3, 0.4) is 0 Å². The van der Waals surface area contributed by atoms with Gasteiger partial charge in [-0.25, -0.2) is 19.3 Å². The van der Waals surface area contributed by atoms with Gasteiger partial charge in [0.05, 0.1) is 30.1 Å². The predicted octanol–water partition coefficient (Wildman–Crippen LogP) is 4.98. The number of aromatic nitrogens is 3. The van der Waals surface area contributed by atoms with Crippen LogP contribution in [0.5, 0.6) is 0 Å². The second kappa shape index (κ2) is 13.1. The zero-order chi connectivity index (χ0) is 31.6. The molecule has 0 unspecified atom stereocenters. The number of aliphatic carboxylic acids is 1. The number of amides is 1. The van der Waals surface area contributed by atoms with Gasteiger partial charge >= 0.3 is 12.1 Å². The highest BCUT2D eigenvalue weighted by atomic mass is 32.1. The summed E-state index contributed by atoms with van der Waals surface area (Å²) >= 11 is 1.13. The van der Waals surface area contributed by atoms with Crippen LogP contribution in [0.2, 0.25) is 0 Å². The number of likely N-dealkylation sites (tertiary alicyclic amines) is 1. The first kappa shape index (κ1) is 31.7. The predicted molar refractivity (Wildman–Crippen MR) is 157 cm³/mol. The molecule has 15 heteroatoms. The average molecular weight is 636 g/mol. The largest absolute Gasteiger partial charge is 0.481 e. The minimum absolute atomic E-state index is 0.0163. The number of thiazole rings is 1. The van der Waals surface area contributed by atoms with Crippen molar-refractivity contribution >= 4 is 34.2 Å². The van der Waals surface area contributed by atoms with Crippen LogP contribution in [0, 0.1) is 5.82 Å². The van der Waals surface area contributed by atoms with E-state index in [1.165, 1.54) is 12.4 Å². The molecule has 2 aliphatic rings. The van der Waals surface area contributed by atoms with Crippen LogP contribution in [0.1, 0.15) is 54.0 Å². The molecule has 10 nitrogen and oxygen atoms in total. The van der Waals surface area contributed by atoms with Gasteiger partial charge in [-0.2, -0.15) is 13.2 Å². The third-order valence-corrected chi connectivity index (χ3v) is 8.98. The minimum Gasteiger partial charge on any atom is -0.481 e. The SMILES string of the molecule is C[C@@H]1CCCN1Cc1sc(NC(=O)c2cnc(N3CCN(CCC(=O)O)[C@@H](C)C3)cn2)nc1-c1cc(F)cc(C(F)(F)F)c1. The van der Waals surface area contributed by atoms with E-state index >= 15 is 0 Å². The number of halogens is 4. The molecule has 0 saturated carbocycles. The number of carboxylic acids is 1. The molecule has 2 atom stereocenters. The highest BCUT2D eigenvalue weighted by Gasteiger charge is 2.32. The number of carbonyl (C=O) groups is 2. The molecule has 3 aromatic rings. The van der Waals surface area contributed by atoms with E-state index in [9.17, 15) is 27.2 Å². The van der Waals surface area contributed by atoms with Crippen molar-refractivity contribution in [2.24, 2.45) is 0 Å². The number of nitrogens with zero attached hydrogens (tertiary/aromatic N) is 6. The summed E-state index contributed by atoms with van der Waals surface area (Å²) in [6, 6.07) is 2.71. The molecule has 2 saturated heterocycles. The van der Waals surface area contributed by atoms with E-state index in [2.05, 4.69) is 37.0 Å². The third kappa shape index (κ3) is 7.50. The first-order valence-electron chi connectivity index (χ1n) is 14.3. The summed E-state index contributed by atoms with van der Waals surface area (Å²) in [6.07, 6.45) is 0.159. The van der Waals surface area contributed by atoms with Crippen molar-refractivity contribution in [1.82, 2.24) is 24.8 Å². The number of rotatable bonds is 9. The summed E-state index contributed by atoms with van der Waals surface area (Å²) in [5.41, 5.74) is -0.915. The molecule has 2 aliphatic heterocycles. The number of hydrogen-bond donors (Lipinski definition) is 2. The monoisotopic (exact) mass is 635 g/mol. The molecule has 2 N–H and O–H groups in total. The van der Waals surface area contributed by atoms with Crippen LogP contribution in [0.25, 0.3) is 11.3 Å². The Morgan fingerprint density at radius 1 is 1.07 bits per heavy atom. The van der Waals surface area contributed by atoms with E-state index in [0.29, 0.717) is 49.5 Å². The molecule has 5 rings (SSSR count). The first-order chi connectivity index (χ1) is 20.9. The van der Waals surface area contributed by atoms with Gasteiger partial charge in [0.15, 0.2) is 5.13 Å². The minimum atomic E-state index is -4.73. The Morgan fingerprint density at radius 3 is 2.50 bits per heavy atom. The summed E-state index contributed by atoms with van der Waals surface area (Å²) in [5, 5.41) is 11.8. The van der Waals surface area contributed by atoms with Crippen molar-refractivity contribution in [3.8, 4) is 11.3 Å². The van der Waals surface area contributed by atoms with Crippen LogP contribution in [0.4, 0.5) is 28.5 Å². The molecule has 2 aromatic heterocycles. The van der Waals surface area contributed by atoms with E-state index in [1.807, 2.05) is 11.8 Å².